The maximum Gasteiger partial charge on any atom is 0.0254 e. The van der Waals surface area contributed by atoms with Gasteiger partial charge < -0.3 is 10.2 Å². The molecule has 1 saturated carbocycles. The van der Waals surface area contributed by atoms with Crippen LogP contribution in [-0.2, 0) is 0 Å². The van der Waals surface area contributed by atoms with Crippen LogP contribution in [0, 0.1) is 11.8 Å². The van der Waals surface area contributed by atoms with Gasteiger partial charge in [-0.25, -0.2) is 0 Å². The zero-order valence-electron chi connectivity index (χ0n) is 14.9. The van der Waals surface area contributed by atoms with Crippen LogP contribution >= 0.6 is 0 Å². The quantitative estimate of drug-likeness (QED) is 0.813. The molecule has 0 aromatic rings. The number of nitrogens with one attached hydrogen (secondary N) is 1. The van der Waals surface area contributed by atoms with E-state index < -0.39 is 0 Å². The van der Waals surface area contributed by atoms with E-state index in [4.69, 9.17) is 0 Å². The van der Waals surface area contributed by atoms with Gasteiger partial charge in [-0.2, -0.15) is 0 Å². The van der Waals surface area contributed by atoms with Crippen LogP contribution in [0.2, 0.25) is 0 Å². The Kier molecular flexibility index (Phi) is 6.51. The number of hydrogen-bond acceptors (Lipinski definition) is 3. The standard InChI is InChI=1S/C18H37N3/c1-6-10-19-16-9-8-15(7-2)11-17(16)21-12-14(3)18(13-21)20(4)5/h14-19H,6-13H2,1-5H3. The summed E-state index contributed by atoms with van der Waals surface area (Å²) in [5.41, 5.74) is 0. The summed E-state index contributed by atoms with van der Waals surface area (Å²) in [5.74, 6) is 1.75. The van der Waals surface area contributed by atoms with Gasteiger partial charge in [-0.05, 0) is 58.2 Å². The third-order valence-electron chi connectivity index (χ3n) is 5.89. The molecule has 0 spiro atoms. The predicted octanol–water partition coefficient (Wildman–Crippen LogP) is 2.82. The van der Waals surface area contributed by atoms with Gasteiger partial charge in [-0.15, -0.1) is 0 Å². The molecule has 1 aliphatic heterocycles. The van der Waals surface area contributed by atoms with Crippen molar-refractivity contribution in [2.45, 2.75) is 71.0 Å². The Bertz CT molecular complexity index is 305. The molecule has 1 N–H and O–H groups in total. The van der Waals surface area contributed by atoms with Gasteiger partial charge >= 0.3 is 0 Å². The summed E-state index contributed by atoms with van der Waals surface area (Å²) in [6.45, 7) is 10.8. The number of rotatable bonds is 6. The van der Waals surface area contributed by atoms with E-state index in [0.717, 1.165) is 30.0 Å². The lowest BCUT2D eigenvalue weighted by Crippen LogP contribution is -2.53. The summed E-state index contributed by atoms with van der Waals surface area (Å²) in [4.78, 5) is 5.24. The molecule has 124 valence electrons. The molecule has 21 heavy (non-hydrogen) atoms. The molecular formula is C18H37N3. The largest absolute Gasteiger partial charge is 0.312 e. The fraction of sp³-hybridized carbons (Fsp3) is 1.00. The molecule has 0 amide bonds. The second kappa shape index (κ2) is 7.94. The molecule has 3 heteroatoms. The second-order valence-electron chi connectivity index (χ2n) is 7.68. The van der Waals surface area contributed by atoms with Crippen molar-refractivity contribution >= 4 is 0 Å². The van der Waals surface area contributed by atoms with Crippen molar-refractivity contribution in [3.63, 3.8) is 0 Å². The Hall–Kier alpha value is -0.120. The van der Waals surface area contributed by atoms with Crippen molar-refractivity contribution in [2.24, 2.45) is 11.8 Å². The normalized spacial score (nSPS) is 38.3. The zero-order chi connectivity index (χ0) is 15.4. The van der Waals surface area contributed by atoms with Gasteiger partial charge in [0, 0.05) is 31.2 Å². The lowest BCUT2D eigenvalue weighted by atomic mass is 9.80. The first-order valence-electron chi connectivity index (χ1n) is 9.20. The molecule has 1 aliphatic carbocycles. The third kappa shape index (κ3) is 4.20. The van der Waals surface area contributed by atoms with E-state index in [2.05, 4.69) is 50.0 Å². The number of likely N-dealkylation sites (N-methyl/N-ethyl adjacent to an activating group) is 1. The maximum atomic E-state index is 3.85. The Morgan fingerprint density at radius 3 is 2.48 bits per heavy atom. The van der Waals surface area contributed by atoms with E-state index in [0.29, 0.717) is 0 Å². The Balaban J connectivity index is 2.01. The van der Waals surface area contributed by atoms with E-state index in [1.54, 1.807) is 0 Å². The van der Waals surface area contributed by atoms with Crippen LogP contribution in [0.1, 0.15) is 52.9 Å². The van der Waals surface area contributed by atoms with Crippen LogP contribution < -0.4 is 5.32 Å². The molecule has 0 aromatic heterocycles. The minimum Gasteiger partial charge on any atom is -0.312 e. The lowest BCUT2D eigenvalue weighted by Gasteiger charge is -2.42. The molecule has 2 rings (SSSR count). The van der Waals surface area contributed by atoms with Crippen LogP contribution in [-0.4, -0.2) is 61.7 Å². The van der Waals surface area contributed by atoms with Gasteiger partial charge in [0.25, 0.3) is 0 Å². The molecule has 5 atom stereocenters. The molecule has 0 bridgehead atoms. The van der Waals surface area contributed by atoms with Crippen LogP contribution in [0.3, 0.4) is 0 Å². The third-order valence-corrected chi connectivity index (χ3v) is 5.89. The minimum absolute atomic E-state index is 0.723. The molecule has 1 heterocycles. The van der Waals surface area contributed by atoms with E-state index in [-0.39, 0.29) is 0 Å². The molecular weight excluding hydrogens is 258 g/mol. The van der Waals surface area contributed by atoms with E-state index in [1.807, 2.05) is 0 Å². The zero-order valence-corrected chi connectivity index (χ0v) is 14.9. The monoisotopic (exact) mass is 295 g/mol. The van der Waals surface area contributed by atoms with E-state index in [9.17, 15) is 0 Å². The molecule has 3 nitrogen and oxygen atoms in total. The van der Waals surface area contributed by atoms with Gasteiger partial charge in [0.1, 0.15) is 0 Å². The predicted molar refractivity (Wildman–Crippen MR) is 91.7 cm³/mol. The van der Waals surface area contributed by atoms with Crippen molar-refractivity contribution in [1.82, 2.24) is 15.1 Å². The SMILES string of the molecule is CCCNC1CCC(CC)CC1N1CC(C)C(N(C)C)C1. The molecule has 5 unspecified atom stereocenters. The van der Waals surface area contributed by atoms with E-state index in [1.165, 1.54) is 51.7 Å². The minimum atomic E-state index is 0.723. The van der Waals surface area contributed by atoms with Crippen LogP contribution in [0.4, 0.5) is 0 Å². The van der Waals surface area contributed by atoms with Gasteiger partial charge in [-0.3, -0.25) is 4.90 Å². The highest BCUT2D eigenvalue weighted by molar-refractivity contribution is 4.97. The fourth-order valence-electron chi connectivity index (χ4n) is 4.50. The number of nitrogens with zero attached hydrogens (tertiary/aromatic N) is 2. The van der Waals surface area contributed by atoms with Crippen molar-refractivity contribution in [1.29, 1.82) is 0 Å². The summed E-state index contributed by atoms with van der Waals surface area (Å²) in [6, 6.07) is 2.22. The van der Waals surface area contributed by atoms with Crippen molar-refractivity contribution < 1.29 is 0 Å². The summed E-state index contributed by atoms with van der Waals surface area (Å²) < 4.78 is 0. The Morgan fingerprint density at radius 2 is 1.90 bits per heavy atom. The number of likely N-dealkylation sites (tertiary alicyclic amines) is 1. The van der Waals surface area contributed by atoms with Crippen molar-refractivity contribution in [3.05, 3.63) is 0 Å². The summed E-state index contributed by atoms with van der Waals surface area (Å²) in [6.07, 6.45) is 6.81. The van der Waals surface area contributed by atoms with Gasteiger partial charge in [0.05, 0.1) is 0 Å². The second-order valence-corrected chi connectivity index (χ2v) is 7.68. The number of hydrogen-bond donors (Lipinski definition) is 1. The summed E-state index contributed by atoms with van der Waals surface area (Å²) in [7, 11) is 4.49. The smallest absolute Gasteiger partial charge is 0.0254 e. The van der Waals surface area contributed by atoms with Gasteiger partial charge in [0.2, 0.25) is 0 Å². The van der Waals surface area contributed by atoms with Gasteiger partial charge in [-0.1, -0.05) is 27.2 Å². The van der Waals surface area contributed by atoms with Crippen molar-refractivity contribution in [2.75, 3.05) is 33.7 Å². The Morgan fingerprint density at radius 1 is 1.14 bits per heavy atom. The van der Waals surface area contributed by atoms with Crippen LogP contribution in [0.25, 0.3) is 0 Å². The average molecular weight is 296 g/mol. The van der Waals surface area contributed by atoms with E-state index >= 15 is 0 Å². The Labute approximate surface area is 132 Å². The summed E-state index contributed by atoms with van der Waals surface area (Å²) >= 11 is 0. The molecule has 0 aromatic carbocycles. The molecule has 2 aliphatic rings. The fourth-order valence-corrected chi connectivity index (χ4v) is 4.50. The first-order chi connectivity index (χ1) is 10.1. The average Bonchev–Trinajstić information content (AvgIpc) is 2.87. The lowest BCUT2D eigenvalue weighted by molar-refractivity contribution is 0.109. The summed E-state index contributed by atoms with van der Waals surface area (Å²) in [5, 5.41) is 3.85. The van der Waals surface area contributed by atoms with Crippen molar-refractivity contribution in [3.8, 4) is 0 Å². The molecule has 1 saturated heterocycles. The first-order valence-corrected chi connectivity index (χ1v) is 9.20. The van der Waals surface area contributed by atoms with Crippen LogP contribution in [0.15, 0.2) is 0 Å². The first kappa shape index (κ1) is 17.2. The highest BCUT2D eigenvalue weighted by Gasteiger charge is 2.39. The van der Waals surface area contributed by atoms with Gasteiger partial charge in [0.15, 0.2) is 0 Å². The molecule has 2 fully saturated rings. The molecule has 0 radical (unpaired) electrons. The van der Waals surface area contributed by atoms with Crippen LogP contribution in [0.5, 0.6) is 0 Å². The maximum absolute atomic E-state index is 3.85. The highest BCUT2D eigenvalue weighted by Crippen LogP contribution is 2.33. The highest BCUT2D eigenvalue weighted by atomic mass is 15.3. The topological polar surface area (TPSA) is 18.5 Å².